The van der Waals surface area contributed by atoms with E-state index in [1.54, 1.807) is 20.8 Å². The molecule has 106 valence electrons. The maximum absolute atomic E-state index is 12.0. The summed E-state index contributed by atoms with van der Waals surface area (Å²) in [7, 11) is 0. The Morgan fingerprint density at radius 3 is 2.47 bits per heavy atom. The molecule has 2 aliphatic rings. The lowest BCUT2D eigenvalue weighted by atomic mass is 9.94. The van der Waals surface area contributed by atoms with Crippen LogP contribution in [0.4, 0.5) is 4.79 Å². The van der Waals surface area contributed by atoms with Crippen LogP contribution < -0.4 is 0 Å². The molecule has 0 spiro atoms. The van der Waals surface area contributed by atoms with Crippen molar-refractivity contribution in [1.29, 1.82) is 0 Å². The summed E-state index contributed by atoms with van der Waals surface area (Å²) in [5, 5.41) is 9.30. The van der Waals surface area contributed by atoms with Crippen LogP contribution in [0.2, 0.25) is 0 Å². The van der Waals surface area contributed by atoms with Gasteiger partial charge < -0.3 is 9.84 Å². The number of carboxylic acid groups (broad SMARTS) is 1. The van der Waals surface area contributed by atoms with Crippen LogP contribution in [0, 0.1) is 11.8 Å². The number of Topliss-reactive ketones (excluding diaryl/α,β-unsaturated/α-hetero) is 1. The summed E-state index contributed by atoms with van der Waals surface area (Å²) in [5.41, 5.74) is -0.659. The van der Waals surface area contributed by atoms with E-state index in [0.29, 0.717) is 13.0 Å². The van der Waals surface area contributed by atoms with Gasteiger partial charge in [0.1, 0.15) is 17.4 Å². The molecule has 0 unspecified atom stereocenters. The maximum atomic E-state index is 12.0. The minimum Gasteiger partial charge on any atom is -0.480 e. The van der Waals surface area contributed by atoms with Crippen LogP contribution in [0.1, 0.15) is 33.6 Å². The number of carbonyl (C=O) groups is 3. The van der Waals surface area contributed by atoms with Crippen molar-refractivity contribution >= 4 is 17.8 Å². The van der Waals surface area contributed by atoms with E-state index in [0.717, 1.165) is 0 Å². The highest BCUT2D eigenvalue weighted by molar-refractivity contribution is 5.87. The predicted molar refractivity (Wildman–Crippen MR) is 65.6 cm³/mol. The first-order valence-corrected chi connectivity index (χ1v) is 6.43. The molecular weight excluding hydrogens is 250 g/mol. The second kappa shape index (κ2) is 4.51. The number of ether oxygens (including phenoxy) is 1. The van der Waals surface area contributed by atoms with Gasteiger partial charge in [0.05, 0.1) is 0 Å². The second-order valence-corrected chi connectivity index (χ2v) is 6.29. The number of hydrogen-bond donors (Lipinski definition) is 1. The van der Waals surface area contributed by atoms with E-state index in [1.165, 1.54) is 4.90 Å². The predicted octanol–water partition coefficient (Wildman–Crippen LogP) is 1.29. The van der Waals surface area contributed by atoms with Crippen molar-refractivity contribution in [3.8, 4) is 0 Å². The molecule has 2 fully saturated rings. The van der Waals surface area contributed by atoms with Gasteiger partial charge >= 0.3 is 12.1 Å². The molecule has 3 atom stereocenters. The first-order chi connectivity index (χ1) is 8.69. The van der Waals surface area contributed by atoms with Crippen LogP contribution >= 0.6 is 0 Å². The molecule has 1 saturated heterocycles. The number of ketones is 1. The normalized spacial score (nSPS) is 30.4. The SMILES string of the molecule is CC(C)(C)OC(=O)N1C[C@@H]2CC(=O)C[C@H]2[C@@H]1C(=O)O. The zero-order valence-electron chi connectivity index (χ0n) is 11.4. The highest BCUT2D eigenvalue weighted by Gasteiger charge is 2.52. The van der Waals surface area contributed by atoms with Crippen molar-refractivity contribution in [2.75, 3.05) is 6.54 Å². The van der Waals surface area contributed by atoms with Gasteiger partial charge in [-0.2, -0.15) is 0 Å². The molecule has 0 aromatic rings. The Morgan fingerprint density at radius 1 is 1.32 bits per heavy atom. The molecule has 19 heavy (non-hydrogen) atoms. The van der Waals surface area contributed by atoms with Gasteiger partial charge in [0.2, 0.25) is 0 Å². The highest BCUT2D eigenvalue weighted by atomic mass is 16.6. The molecule has 6 nitrogen and oxygen atoms in total. The van der Waals surface area contributed by atoms with Crippen LogP contribution in [0.5, 0.6) is 0 Å². The Balaban J connectivity index is 2.16. The van der Waals surface area contributed by atoms with E-state index in [-0.39, 0.29) is 24.0 Å². The van der Waals surface area contributed by atoms with Gasteiger partial charge in [-0.15, -0.1) is 0 Å². The minimum atomic E-state index is -1.06. The quantitative estimate of drug-likeness (QED) is 0.775. The summed E-state index contributed by atoms with van der Waals surface area (Å²) in [4.78, 5) is 36.1. The summed E-state index contributed by atoms with van der Waals surface area (Å²) in [5.74, 6) is -1.28. The van der Waals surface area contributed by atoms with Gasteiger partial charge in [0.15, 0.2) is 0 Å². The summed E-state index contributed by atoms with van der Waals surface area (Å²) < 4.78 is 5.23. The molecule has 0 bridgehead atoms. The third-order valence-electron chi connectivity index (χ3n) is 3.61. The van der Waals surface area contributed by atoms with Crippen LogP contribution in [0.3, 0.4) is 0 Å². The lowest BCUT2D eigenvalue weighted by Gasteiger charge is -2.28. The molecule has 1 amide bonds. The Bertz CT molecular complexity index is 425. The fourth-order valence-electron chi connectivity index (χ4n) is 2.95. The largest absolute Gasteiger partial charge is 0.480 e. The Kier molecular flexibility index (Phi) is 3.28. The van der Waals surface area contributed by atoms with E-state index < -0.39 is 23.7 Å². The second-order valence-electron chi connectivity index (χ2n) is 6.29. The summed E-state index contributed by atoms with van der Waals surface area (Å²) in [6.07, 6.45) is 0.0102. The van der Waals surface area contributed by atoms with Gasteiger partial charge in [0.25, 0.3) is 0 Å². The molecule has 0 aromatic heterocycles. The van der Waals surface area contributed by atoms with E-state index in [2.05, 4.69) is 0 Å². The van der Waals surface area contributed by atoms with Crippen molar-refractivity contribution in [1.82, 2.24) is 4.90 Å². The standard InChI is InChI=1S/C13H19NO5/c1-13(2,3)19-12(18)14-6-7-4-8(15)5-9(7)10(14)11(16)17/h7,9-10H,4-6H2,1-3H3,(H,16,17)/t7-,9+,10+/m0/s1. The first-order valence-electron chi connectivity index (χ1n) is 6.43. The molecule has 6 heteroatoms. The smallest absolute Gasteiger partial charge is 0.411 e. The van der Waals surface area contributed by atoms with Crippen molar-refractivity contribution in [3.05, 3.63) is 0 Å². The number of likely N-dealkylation sites (tertiary alicyclic amines) is 1. The maximum Gasteiger partial charge on any atom is 0.411 e. The molecular formula is C13H19NO5. The van der Waals surface area contributed by atoms with E-state index in [1.807, 2.05) is 0 Å². The Labute approximate surface area is 111 Å². The Hall–Kier alpha value is -1.59. The molecule has 1 aliphatic heterocycles. The van der Waals surface area contributed by atoms with Gasteiger partial charge in [-0.25, -0.2) is 9.59 Å². The first kappa shape index (κ1) is 13.8. The third-order valence-corrected chi connectivity index (χ3v) is 3.61. The third kappa shape index (κ3) is 2.72. The number of amides is 1. The molecule has 1 heterocycles. The lowest BCUT2D eigenvalue weighted by Crippen LogP contribution is -2.45. The molecule has 0 aromatic carbocycles. The van der Waals surface area contributed by atoms with Crippen LogP contribution in [0.15, 0.2) is 0 Å². The number of nitrogens with zero attached hydrogens (tertiary/aromatic N) is 1. The average molecular weight is 269 g/mol. The highest BCUT2D eigenvalue weighted by Crippen LogP contribution is 2.41. The van der Waals surface area contributed by atoms with Gasteiger partial charge in [-0.05, 0) is 26.7 Å². The molecule has 1 N–H and O–H groups in total. The van der Waals surface area contributed by atoms with Crippen molar-refractivity contribution < 1.29 is 24.2 Å². The molecule has 1 saturated carbocycles. The Morgan fingerprint density at radius 2 is 1.95 bits per heavy atom. The molecule has 1 aliphatic carbocycles. The van der Waals surface area contributed by atoms with Gasteiger partial charge in [0, 0.05) is 25.3 Å². The number of carboxylic acids is 1. The number of carbonyl (C=O) groups excluding carboxylic acids is 2. The zero-order valence-corrected chi connectivity index (χ0v) is 11.4. The van der Waals surface area contributed by atoms with E-state index in [4.69, 9.17) is 4.74 Å². The van der Waals surface area contributed by atoms with Crippen molar-refractivity contribution in [3.63, 3.8) is 0 Å². The van der Waals surface area contributed by atoms with Crippen LogP contribution in [-0.2, 0) is 14.3 Å². The molecule has 2 rings (SSSR count). The van der Waals surface area contributed by atoms with Gasteiger partial charge in [-0.1, -0.05) is 0 Å². The van der Waals surface area contributed by atoms with Crippen molar-refractivity contribution in [2.45, 2.75) is 45.3 Å². The van der Waals surface area contributed by atoms with E-state index >= 15 is 0 Å². The van der Waals surface area contributed by atoms with Crippen LogP contribution in [-0.4, -0.2) is 46.0 Å². The topological polar surface area (TPSA) is 83.9 Å². The van der Waals surface area contributed by atoms with Crippen molar-refractivity contribution in [2.24, 2.45) is 11.8 Å². The summed E-state index contributed by atoms with van der Waals surface area (Å²) in [6.45, 7) is 5.51. The number of aliphatic carboxylic acids is 1. The monoisotopic (exact) mass is 269 g/mol. The molecule has 0 radical (unpaired) electrons. The lowest BCUT2D eigenvalue weighted by molar-refractivity contribution is -0.143. The number of fused-ring (bicyclic) bond motifs is 1. The number of hydrogen-bond acceptors (Lipinski definition) is 4. The fourth-order valence-corrected chi connectivity index (χ4v) is 2.95. The average Bonchev–Trinajstić information content (AvgIpc) is 2.69. The summed E-state index contributed by atoms with van der Waals surface area (Å²) in [6, 6.07) is -0.939. The zero-order chi connectivity index (χ0) is 14.4. The minimum absolute atomic E-state index is 0.0406. The van der Waals surface area contributed by atoms with Gasteiger partial charge in [-0.3, -0.25) is 9.69 Å². The van der Waals surface area contributed by atoms with E-state index in [9.17, 15) is 19.5 Å². The number of rotatable bonds is 1. The summed E-state index contributed by atoms with van der Waals surface area (Å²) >= 11 is 0. The fraction of sp³-hybridized carbons (Fsp3) is 0.769. The van der Waals surface area contributed by atoms with Crippen LogP contribution in [0.25, 0.3) is 0 Å².